The minimum Gasteiger partial charge on any atom is -0.380 e. The van der Waals surface area contributed by atoms with Crippen molar-refractivity contribution in [3.8, 4) is 6.07 Å². The molecule has 0 saturated heterocycles. The van der Waals surface area contributed by atoms with Crippen molar-refractivity contribution >= 4 is 27.3 Å². The molecule has 2 aromatic rings. The largest absolute Gasteiger partial charge is 0.380 e. The predicted octanol–water partition coefficient (Wildman–Crippen LogP) is 3.03. The van der Waals surface area contributed by atoms with Gasteiger partial charge in [0.05, 0.1) is 22.0 Å². The quantitative estimate of drug-likeness (QED) is 0.927. The van der Waals surface area contributed by atoms with Gasteiger partial charge in [-0.05, 0) is 40.5 Å². The van der Waals surface area contributed by atoms with Crippen LogP contribution in [0.5, 0.6) is 0 Å². The van der Waals surface area contributed by atoms with Gasteiger partial charge >= 0.3 is 0 Å². The van der Waals surface area contributed by atoms with E-state index in [4.69, 9.17) is 5.26 Å². The Morgan fingerprint density at radius 1 is 1.41 bits per heavy atom. The topological polar surface area (TPSA) is 56.9 Å². The second-order valence-corrected chi connectivity index (χ2v) is 5.34. The highest BCUT2D eigenvalue weighted by Gasteiger charge is 2.29. The number of thiazole rings is 1. The number of rotatable bonds is 2. The van der Waals surface area contributed by atoms with Gasteiger partial charge in [-0.15, -0.1) is 11.3 Å². The number of nitriles is 1. The number of aliphatic hydroxyl groups is 1. The van der Waals surface area contributed by atoms with Crippen LogP contribution < -0.4 is 0 Å². The van der Waals surface area contributed by atoms with Gasteiger partial charge in [-0.2, -0.15) is 5.26 Å². The zero-order valence-corrected chi connectivity index (χ0v) is 11.4. The van der Waals surface area contributed by atoms with Crippen molar-refractivity contribution in [3.63, 3.8) is 0 Å². The molecule has 0 spiro atoms. The molecule has 2 rings (SSSR count). The Labute approximate surface area is 111 Å². The molecule has 3 nitrogen and oxygen atoms in total. The van der Waals surface area contributed by atoms with Gasteiger partial charge in [0.15, 0.2) is 0 Å². The Kier molecular flexibility index (Phi) is 3.29. The average molecular weight is 309 g/mol. The highest BCUT2D eigenvalue weighted by molar-refractivity contribution is 9.10. The van der Waals surface area contributed by atoms with E-state index in [1.54, 1.807) is 36.7 Å². The maximum Gasteiger partial charge on any atom is 0.124 e. The minimum absolute atomic E-state index is 0.577. The standard InChI is InChI=1S/C12H9BrN2OS/c1-12(16,10-11(13)15-7-17-10)9-4-2-8(6-14)3-5-9/h2-5,7,16H,1H3. The third kappa shape index (κ3) is 2.25. The maximum atomic E-state index is 10.5. The summed E-state index contributed by atoms with van der Waals surface area (Å²) < 4.78 is 0.650. The fourth-order valence-electron chi connectivity index (χ4n) is 1.55. The zero-order chi connectivity index (χ0) is 12.5. The number of nitrogens with zero attached hydrogens (tertiary/aromatic N) is 2. The molecule has 1 aromatic carbocycles. The fourth-order valence-corrected chi connectivity index (χ4v) is 3.21. The normalized spacial score (nSPS) is 14.0. The Balaban J connectivity index is 2.45. The van der Waals surface area contributed by atoms with Gasteiger partial charge in [0.1, 0.15) is 10.2 Å². The first-order valence-corrected chi connectivity index (χ1v) is 6.55. The number of halogens is 1. The molecule has 17 heavy (non-hydrogen) atoms. The first-order valence-electron chi connectivity index (χ1n) is 4.88. The predicted molar refractivity (Wildman–Crippen MR) is 69.6 cm³/mol. The lowest BCUT2D eigenvalue weighted by Gasteiger charge is -2.22. The van der Waals surface area contributed by atoms with E-state index >= 15 is 0 Å². The van der Waals surface area contributed by atoms with Crippen LogP contribution in [0.25, 0.3) is 0 Å². The molecular formula is C12H9BrN2OS. The molecule has 0 aliphatic rings. The van der Waals surface area contributed by atoms with E-state index in [9.17, 15) is 5.11 Å². The van der Waals surface area contributed by atoms with Crippen molar-refractivity contribution in [3.05, 3.63) is 50.4 Å². The number of hydrogen-bond donors (Lipinski definition) is 1. The van der Waals surface area contributed by atoms with E-state index in [1.807, 2.05) is 0 Å². The number of hydrogen-bond acceptors (Lipinski definition) is 4. The Morgan fingerprint density at radius 2 is 2.06 bits per heavy atom. The molecule has 1 N–H and O–H groups in total. The molecule has 1 unspecified atom stereocenters. The second kappa shape index (κ2) is 4.57. The van der Waals surface area contributed by atoms with E-state index in [0.717, 1.165) is 10.4 Å². The highest BCUT2D eigenvalue weighted by Crippen LogP contribution is 2.36. The van der Waals surface area contributed by atoms with Gasteiger partial charge < -0.3 is 5.11 Å². The van der Waals surface area contributed by atoms with Crippen LogP contribution in [0.15, 0.2) is 34.4 Å². The van der Waals surface area contributed by atoms with Crippen molar-refractivity contribution in [2.24, 2.45) is 0 Å². The summed E-state index contributed by atoms with van der Waals surface area (Å²) >= 11 is 4.70. The van der Waals surface area contributed by atoms with Crippen LogP contribution in [0.4, 0.5) is 0 Å². The average Bonchev–Trinajstić information content (AvgIpc) is 2.76. The summed E-state index contributed by atoms with van der Waals surface area (Å²) in [7, 11) is 0. The van der Waals surface area contributed by atoms with Gasteiger partial charge in [-0.1, -0.05) is 12.1 Å². The Bertz CT molecular complexity index is 569. The fraction of sp³-hybridized carbons (Fsp3) is 0.167. The van der Waals surface area contributed by atoms with Crippen molar-refractivity contribution in [1.29, 1.82) is 5.26 Å². The molecule has 0 amide bonds. The summed E-state index contributed by atoms with van der Waals surface area (Å²) in [6, 6.07) is 8.95. The molecule has 1 atom stereocenters. The smallest absolute Gasteiger partial charge is 0.124 e. The SMILES string of the molecule is CC(O)(c1ccc(C#N)cc1)c1scnc1Br. The minimum atomic E-state index is -1.10. The molecule has 0 radical (unpaired) electrons. The summed E-state index contributed by atoms with van der Waals surface area (Å²) in [5, 5.41) is 19.3. The molecule has 0 aliphatic carbocycles. The lowest BCUT2D eigenvalue weighted by atomic mass is 9.94. The van der Waals surface area contributed by atoms with Gasteiger partial charge in [0.2, 0.25) is 0 Å². The highest BCUT2D eigenvalue weighted by atomic mass is 79.9. The molecule has 0 bridgehead atoms. The van der Waals surface area contributed by atoms with Crippen LogP contribution in [0, 0.1) is 11.3 Å². The first-order chi connectivity index (χ1) is 8.05. The third-order valence-electron chi connectivity index (χ3n) is 2.54. The lowest BCUT2D eigenvalue weighted by Crippen LogP contribution is -2.21. The Morgan fingerprint density at radius 3 is 2.53 bits per heavy atom. The van der Waals surface area contributed by atoms with Crippen LogP contribution in [0.3, 0.4) is 0 Å². The zero-order valence-electron chi connectivity index (χ0n) is 9.01. The van der Waals surface area contributed by atoms with Crippen LogP contribution in [0.2, 0.25) is 0 Å². The molecule has 86 valence electrons. The van der Waals surface area contributed by atoms with Crippen molar-refractivity contribution in [2.45, 2.75) is 12.5 Å². The van der Waals surface area contributed by atoms with E-state index in [1.165, 1.54) is 11.3 Å². The molecule has 1 heterocycles. The summed E-state index contributed by atoms with van der Waals surface area (Å²) in [6.45, 7) is 1.71. The van der Waals surface area contributed by atoms with E-state index < -0.39 is 5.60 Å². The molecular weight excluding hydrogens is 300 g/mol. The molecule has 0 aliphatic heterocycles. The summed E-state index contributed by atoms with van der Waals surface area (Å²) in [4.78, 5) is 4.82. The summed E-state index contributed by atoms with van der Waals surface area (Å²) in [5.74, 6) is 0. The molecule has 5 heteroatoms. The van der Waals surface area contributed by atoms with E-state index in [2.05, 4.69) is 27.0 Å². The van der Waals surface area contributed by atoms with E-state index in [0.29, 0.717) is 10.2 Å². The van der Waals surface area contributed by atoms with Crippen LogP contribution in [-0.4, -0.2) is 10.1 Å². The monoisotopic (exact) mass is 308 g/mol. The van der Waals surface area contributed by atoms with Gasteiger partial charge in [-0.3, -0.25) is 0 Å². The van der Waals surface area contributed by atoms with Crippen LogP contribution >= 0.6 is 27.3 Å². The van der Waals surface area contributed by atoms with Gasteiger partial charge in [0.25, 0.3) is 0 Å². The Hall–Kier alpha value is -1.22. The molecule has 1 aromatic heterocycles. The summed E-state index contributed by atoms with van der Waals surface area (Å²) in [5.41, 5.74) is 1.89. The molecule has 0 saturated carbocycles. The number of aromatic nitrogens is 1. The molecule has 0 fully saturated rings. The summed E-state index contributed by atoms with van der Waals surface area (Å²) in [6.07, 6.45) is 0. The second-order valence-electron chi connectivity index (χ2n) is 3.73. The van der Waals surface area contributed by atoms with E-state index in [-0.39, 0.29) is 0 Å². The van der Waals surface area contributed by atoms with Crippen LogP contribution in [-0.2, 0) is 5.60 Å². The maximum absolute atomic E-state index is 10.5. The van der Waals surface area contributed by atoms with Crippen molar-refractivity contribution in [1.82, 2.24) is 4.98 Å². The first kappa shape index (κ1) is 12.2. The van der Waals surface area contributed by atoms with Crippen molar-refractivity contribution in [2.75, 3.05) is 0 Å². The van der Waals surface area contributed by atoms with Crippen molar-refractivity contribution < 1.29 is 5.11 Å². The van der Waals surface area contributed by atoms with Crippen LogP contribution in [0.1, 0.15) is 22.9 Å². The lowest BCUT2D eigenvalue weighted by molar-refractivity contribution is 0.105. The van der Waals surface area contributed by atoms with Gasteiger partial charge in [-0.25, -0.2) is 4.98 Å². The third-order valence-corrected chi connectivity index (χ3v) is 4.44. The van der Waals surface area contributed by atoms with Gasteiger partial charge in [0, 0.05) is 0 Å². The number of benzene rings is 1.